The van der Waals surface area contributed by atoms with Crippen LogP contribution in [0.2, 0.25) is 0 Å². The Morgan fingerprint density at radius 3 is 0.889 bits per heavy atom. The van der Waals surface area contributed by atoms with Crippen LogP contribution in [0.5, 0.6) is 86.9 Å². The van der Waals surface area contributed by atoms with Crippen molar-refractivity contribution in [2.75, 3.05) is 0 Å². The number of phenols is 5. The molecule has 0 aliphatic carbocycles. The third-order valence-corrected chi connectivity index (χ3v) is 18.2. The van der Waals surface area contributed by atoms with Gasteiger partial charge < -0.3 is 49.2 Å². The summed E-state index contributed by atoms with van der Waals surface area (Å²) in [5, 5.41) is 61.7. The largest absolute Gasteiger partial charge is 0.507 e. The Kier molecular flexibility index (Phi) is 37.7. The van der Waals surface area contributed by atoms with Gasteiger partial charge in [-0.1, -0.05) is 133 Å². The molecule has 0 bridgehead atoms. The second-order valence-corrected chi connectivity index (χ2v) is 27.1. The van der Waals surface area contributed by atoms with Gasteiger partial charge in [0.15, 0.2) is 17.5 Å². The number of pyridine rings is 5. The molecule has 680 valence electrons. The van der Waals surface area contributed by atoms with Crippen LogP contribution in [0.4, 0.5) is 0 Å². The van der Waals surface area contributed by atoms with E-state index in [1.807, 2.05) is 146 Å². The Balaban J connectivity index is 0.000000161. The summed E-state index contributed by atoms with van der Waals surface area (Å²) in [7, 11) is 0. The molecule has 0 fully saturated rings. The van der Waals surface area contributed by atoms with Crippen LogP contribution < -0.4 is 23.7 Å². The van der Waals surface area contributed by atoms with E-state index < -0.39 is 0 Å². The molecule has 33 heteroatoms. The normalized spacial score (nSPS) is 10.1. The molecule has 0 aliphatic heterocycles. The predicted molar refractivity (Wildman–Crippen MR) is 482 cm³/mol. The first-order valence-corrected chi connectivity index (χ1v) is 39.7. The summed E-state index contributed by atoms with van der Waals surface area (Å²) in [6, 6.07) is 109. The minimum Gasteiger partial charge on any atom is -0.507 e. The summed E-state index contributed by atoms with van der Waals surface area (Å²) in [6.45, 7) is 0. The van der Waals surface area contributed by atoms with Crippen molar-refractivity contribution in [3.63, 3.8) is 0 Å². The van der Waals surface area contributed by atoms with Crippen molar-refractivity contribution in [1.82, 2.24) is 90.2 Å². The number of aromatic hydroxyl groups is 5. The van der Waals surface area contributed by atoms with Gasteiger partial charge in [0.05, 0.1) is 45.9 Å². The average Bonchev–Trinajstić information content (AvgIpc) is 0.832. The quantitative estimate of drug-likeness (QED) is 0.0442. The van der Waals surface area contributed by atoms with Crippen molar-refractivity contribution in [2.45, 2.75) is 0 Å². The molecule has 0 unspecified atom stereocenters. The molecule has 0 amide bonds. The van der Waals surface area contributed by atoms with Gasteiger partial charge in [0, 0.05) is 231 Å². The van der Waals surface area contributed by atoms with E-state index in [0.717, 1.165) is 11.1 Å². The van der Waals surface area contributed by atoms with Gasteiger partial charge in [-0.05, 0) is 103 Å². The molecule has 0 radical (unpaired) electrons. The summed E-state index contributed by atoms with van der Waals surface area (Å²) >= 11 is 0. The number of aromatic nitrogens is 18. The van der Waals surface area contributed by atoms with Gasteiger partial charge in [-0.2, -0.15) is 5.10 Å². The maximum Gasteiger partial charge on any atom is 0.217 e. The molecule has 10 aromatic heterocycles. The van der Waals surface area contributed by atoms with Crippen molar-refractivity contribution in [2.24, 2.45) is 0 Å². The van der Waals surface area contributed by atoms with E-state index in [9.17, 15) is 25.5 Å². The third kappa shape index (κ3) is 28.1. The molecule has 10 heterocycles. The van der Waals surface area contributed by atoms with Crippen LogP contribution >= 0.6 is 0 Å². The number of benzene rings is 10. The van der Waals surface area contributed by atoms with Crippen LogP contribution in [0.3, 0.4) is 0 Å². The van der Waals surface area contributed by atoms with Crippen molar-refractivity contribution in [3.05, 3.63) is 408 Å². The second-order valence-electron chi connectivity index (χ2n) is 27.1. The number of hydrogen-bond donors (Lipinski definition) is 5. The number of phenolic OH excluding ortho intramolecular Hbond substituents is 5. The predicted octanol–water partition coefficient (Wildman–Crippen LogP) is 20.7. The molecular formula is C102H67N18O10Pt5-5. The number of rotatable bonds is 20. The van der Waals surface area contributed by atoms with E-state index in [1.165, 1.54) is 6.33 Å². The summed E-state index contributed by atoms with van der Waals surface area (Å²) in [6.07, 6.45) is 16.3. The molecule has 28 nitrogen and oxygen atoms in total. The zero-order chi connectivity index (χ0) is 88.8. The maximum absolute atomic E-state index is 10.0. The van der Waals surface area contributed by atoms with Gasteiger partial charge in [-0.3, -0.25) is 39.9 Å². The van der Waals surface area contributed by atoms with Crippen LogP contribution in [0.1, 0.15) is 0 Å². The van der Waals surface area contributed by atoms with E-state index in [4.69, 9.17) is 23.7 Å². The standard InChI is InChI=1S/3C21H14N3O2.C20H13N4O2.C19H12N5O2.5Pt/c25-19-9-2-1-8-17(19)18-11-13-23-21(24-18)15-6-5-7-16(14-15)26-20-10-3-4-12-22-20;25-19-9-2-1-8-17(19)21-23-13-11-18(24-21)15-6-5-7-16(14-15)26-20-10-3-4-12-22-20;25-20-9-2-1-8-17(20)19-14-22-13-18(24-19)15-6-5-7-16(12-15)26-21-10-3-4-11-23-21;25-17-9-2-1-8-16(17)20-23-13-22-19(24-20)14-6-5-7-15(12-14)26-18-10-3-4-11-21-18;25-16-9-2-1-8-15(16)19-21-18(22-24-23-19)13-6-5-7-14(12-13)26-17-10-3-4-11-20-17;;;;;/h2*1-13,25H;1-11,13-14,25H;1-11,13,25H;1-11,25H;;;;;/q5*-1;;;;;. The third-order valence-electron chi connectivity index (χ3n) is 18.2. The summed E-state index contributed by atoms with van der Waals surface area (Å²) < 4.78 is 28.5. The van der Waals surface area contributed by atoms with Gasteiger partial charge in [0.2, 0.25) is 29.4 Å². The smallest absolute Gasteiger partial charge is 0.217 e. The van der Waals surface area contributed by atoms with Gasteiger partial charge in [0.1, 0.15) is 40.9 Å². The Labute approximate surface area is 845 Å². The monoisotopic (exact) mass is 2680 g/mol. The molecule has 0 saturated carbocycles. The minimum absolute atomic E-state index is 0. The van der Waals surface area contributed by atoms with Crippen LogP contribution in [-0.2, 0) is 105 Å². The maximum atomic E-state index is 10.0. The molecule has 0 spiro atoms. The molecule has 135 heavy (non-hydrogen) atoms. The van der Waals surface area contributed by atoms with E-state index in [1.54, 1.807) is 226 Å². The van der Waals surface area contributed by atoms with Crippen LogP contribution in [0.15, 0.2) is 378 Å². The van der Waals surface area contributed by atoms with Crippen molar-refractivity contribution in [1.29, 1.82) is 0 Å². The zero-order valence-corrected chi connectivity index (χ0v) is 81.1. The Hall–Kier alpha value is -15.4. The van der Waals surface area contributed by atoms with E-state index in [-0.39, 0.29) is 140 Å². The Morgan fingerprint density at radius 1 is 0.200 bits per heavy atom. The summed E-state index contributed by atoms with van der Waals surface area (Å²) in [4.78, 5) is 64.4. The second kappa shape index (κ2) is 50.8. The number of nitrogens with zero attached hydrogens (tertiary/aromatic N) is 18. The molecule has 10 aromatic carbocycles. The van der Waals surface area contributed by atoms with Gasteiger partial charge in [0.25, 0.3) is 0 Å². The van der Waals surface area contributed by atoms with Crippen LogP contribution in [-0.4, -0.2) is 116 Å². The van der Waals surface area contributed by atoms with Crippen LogP contribution in [0, 0.1) is 30.3 Å². The molecule has 5 N–H and O–H groups in total. The number of hydrogen-bond acceptors (Lipinski definition) is 28. The number of para-hydroxylation sites is 5. The zero-order valence-electron chi connectivity index (χ0n) is 69.7. The van der Waals surface area contributed by atoms with Crippen molar-refractivity contribution < 1.29 is 155 Å². The van der Waals surface area contributed by atoms with Crippen LogP contribution in [0.25, 0.3) is 113 Å². The fraction of sp³-hybridized carbons (Fsp3) is 0. The fourth-order valence-corrected chi connectivity index (χ4v) is 12.1. The first-order valence-electron chi connectivity index (χ1n) is 39.7. The molecular weight excluding hydrogens is 2610 g/mol. The van der Waals surface area contributed by atoms with E-state index in [0.29, 0.717) is 155 Å². The van der Waals surface area contributed by atoms with Gasteiger partial charge in [-0.15, -0.1) is 124 Å². The first-order chi connectivity index (χ1) is 64.0. The van der Waals surface area contributed by atoms with Gasteiger partial charge >= 0.3 is 0 Å². The average molecular weight is 2680 g/mol. The van der Waals surface area contributed by atoms with E-state index in [2.05, 4.69) is 121 Å². The Bertz CT molecular complexity index is 6200. The summed E-state index contributed by atoms with van der Waals surface area (Å²) in [5.41, 5.74) is 8.85. The molecule has 0 atom stereocenters. The van der Waals surface area contributed by atoms with Crippen molar-refractivity contribution in [3.8, 4) is 200 Å². The van der Waals surface area contributed by atoms with Gasteiger partial charge in [-0.25, -0.2) is 34.9 Å². The minimum atomic E-state index is 0. The van der Waals surface area contributed by atoms with E-state index >= 15 is 0 Å². The van der Waals surface area contributed by atoms with Crippen molar-refractivity contribution >= 4 is 0 Å². The molecule has 0 saturated heterocycles. The molecule has 20 rings (SSSR count). The molecule has 0 aliphatic rings. The first kappa shape index (κ1) is 100. The topological polar surface area (TPSA) is 379 Å². The fourth-order valence-electron chi connectivity index (χ4n) is 12.1. The molecule has 20 aromatic rings. The number of ether oxygens (including phenoxy) is 5. The SMILES string of the molecule is Oc1ccccc1-c1ccnc(-c2[c-]c(Oc3ccccn3)ccc2)n1.Oc1ccccc1-c1cncc(-c2[c-]c(Oc3ccccn3)ccc2)n1.Oc1ccccc1-c1nccc(-c2[c-]c(Oc3ccccn3)ccc2)n1.Oc1ccccc1-c1ncnc(-c2[c-]c(Oc3ccccn3)ccc2)n1.Oc1ccccc1-c1nnnc(-c2[c-]c(Oc3ccccn3)ccc2)n1.[Pt].[Pt].[Pt].[Pt].[Pt]. The summed E-state index contributed by atoms with van der Waals surface area (Å²) in [5.74, 6) is 8.04. The Morgan fingerprint density at radius 2 is 0.489 bits per heavy atom.